The number of nitrogens with zero attached hydrogens (tertiary/aromatic N) is 1. The number of rotatable bonds is 4. The van der Waals surface area contributed by atoms with Crippen molar-refractivity contribution in [3.8, 4) is 5.75 Å². The fourth-order valence-corrected chi connectivity index (χ4v) is 2.10. The van der Waals surface area contributed by atoms with Crippen molar-refractivity contribution in [1.29, 1.82) is 0 Å². The van der Waals surface area contributed by atoms with E-state index in [-0.39, 0.29) is 25.5 Å². The molecule has 2 atom stereocenters. The molecule has 1 N–H and O–H groups in total. The summed E-state index contributed by atoms with van der Waals surface area (Å²) in [7, 11) is 0. The number of ether oxygens (including phenoxy) is 2. The van der Waals surface area contributed by atoms with Crippen LogP contribution >= 0.6 is 0 Å². The minimum Gasteiger partial charge on any atom is -0.481 e. The molecule has 0 saturated carbocycles. The van der Waals surface area contributed by atoms with E-state index in [9.17, 15) is 14.0 Å². The van der Waals surface area contributed by atoms with E-state index in [1.807, 2.05) is 0 Å². The molecule has 0 radical (unpaired) electrons. The zero-order valence-electron chi connectivity index (χ0n) is 11.5. The molecular weight excluding hydrogens is 281 g/mol. The third kappa shape index (κ3) is 3.69. The molecule has 0 aliphatic carbocycles. The Balaban J connectivity index is 2.05. The van der Waals surface area contributed by atoms with Crippen LogP contribution in [-0.2, 0) is 14.3 Å². The summed E-state index contributed by atoms with van der Waals surface area (Å²) in [5.41, 5.74) is 0. The van der Waals surface area contributed by atoms with Gasteiger partial charge in [-0.1, -0.05) is 6.07 Å². The Labute approximate surface area is 121 Å². The molecule has 1 fully saturated rings. The van der Waals surface area contributed by atoms with Gasteiger partial charge in [-0.15, -0.1) is 0 Å². The molecule has 1 aliphatic rings. The van der Waals surface area contributed by atoms with Gasteiger partial charge in [-0.05, 0) is 19.1 Å². The van der Waals surface area contributed by atoms with E-state index in [0.29, 0.717) is 0 Å². The molecule has 21 heavy (non-hydrogen) atoms. The quantitative estimate of drug-likeness (QED) is 0.894. The topological polar surface area (TPSA) is 76.1 Å². The van der Waals surface area contributed by atoms with Crippen molar-refractivity contribution in [1.82, 2.24) is 4.90 Å². The maximum Gasteiger partial charge on any atom is 0.328 e. The largest absolute Gasteiger partial charge is 0.481 e. The first kappa shape index (κ1) is 15.2. The fraction of sp³-hybridized carbons (Fsp3) is 0.429. The molecule has 2 rings (SSSR count). The lowest BCUT2D eigenvalue weighted by Gasteiger charge is -2.34. The van der Waals surface area contributed by atoms with Gasteiger partial charge in [0.05, 0.1) is 13.2 Å². The molecule has 1 heterocycles. The van der Waals surface area contributed by atoms with Crippen LogP contribution in [0.25, 0.3) is 0 Å². The Morgan fingerprint density at radius 1 is 1.52 bits per heavy atom. The Hall–Kier alpha value is -2.15. The van der Waals surface area contributed by atoms with Crippen molar-refractivity contribution in [2.45, 2.75) is 19.1 Å². The summed E-state index contributed by atoms with van der Waals surface area (Å²) < 4.78 is 23.5. The van der Waals surface area contributed by atoms with Gasteiger partial charge in [0.2, 0.25) is 0 Å². The van der Waals surface area contributed by atoms with Gasteiger partial charge in [0, 0.05) is 12.6 Å². The van der Waals surface area contributed by atoms with E-state index < -0.39 is 29.8 Å². The molecule has 1 aromatic rings. The minimum absolute atomic E-state index is 0.0479. The summed E-state index contributed by atoms with van der Waals surface area (Å²) in [6.45, 7) is 1.92. The molecule has 1 amide bonds. The molecule has 114 valence electrons. The van der Waals surface area contributed by atoms with Crippen molar-refractivity contribution < 1.29 is 28.6 Å². The molecule has 0 aromatic heterocycles. The number of halogens is 1. The van der Waals surface area contributed by atoms with E-state index in [4.69, 9.17) is 14.6 Å². The van der Waals surface area contributed by atoms with E-state index in [0.717, 1.165) is 6.07 Å². The standard InChI is InChI=1S/C14H16FNO5/c1-9(21-11-4-2-3-10(15)7-11)13(17)16-5-6-20-8-12(16)14(18)19/h2-4,7,9,12H,5-6,8H2,1H3,(H,18,19)/t9-,12-/m1/s1. The van der Waals surface area contributed by atoms with Gasteiger partial charge in [0.1, 0.15) is 11.6 Å². The summed E-state index contributed by atoms with van der Waals surface area (Å²) >= 11 is 0. The number of aliphatic carboxylic acids is 1. The zero-order valence-corrected chi connectivity index (χ0v) is 11.5. The Morgan fingerprint density at radius 3 is 2.95 bits per heavy atom. The van der Waals surface area contributed by atoms with E-state index in [2.05, 4.69) is 0 Å². The van der Waals surface area contributed by atoms with Gasteiger partial charge >= 0.3 is 5.97 Å². The highest BCUT2D eigenvalue weighted by Crippen LogP contribution is 2.16. The smallest absolute Gasteiger partial charge is 0.328 e. The SMILES string of the molecule is C[C@@H](Oc1cccc(F)c1)C(=O)N1CCOC[C@@H]1C(=O)O. The monoisotopic (exact) mass is 297 g/mol. The maximum absolute atomic E-state index is 13.1. The molecule has 6 nitrogen and oxygen atoms in total. The average molecular weight is 297 g/mol. The van der Waals surface area contributed by atoms with Gasteiger partial charge in [-0.25, -0.2) is 9.18 Å². The number of benzene rings is 1. The van der Waals surface area contributed by atoms with E-state index in [1.165, 1.54) is 30.0 Å². The van der Waals surface area contributed by atoms with E-state index in [1.54, 1.807) is 0 Å². The van der Waals surface area contributed by atoms with Crippen molar-refractivity contribution in [2.75, 3.05) is 19.8 Å². The first-order valence-electron chi connectivity index (χ1n) is 6.52. The third-order valence-electron chi connectivity index (χ3n) is 3.15. The van der Waals surface area contributed by atoms with Gasteiger partial charge in [-0.3, -0.25) is 4.79 Å². The lowest BCUT2D eigenvalue weighted by molar-refractivity contribution is -0.161. The van der Waals surface area contributed by atoms with Crippen molar-refractivity contribution in [2.24, 2.45) is 0 Å². The first-order valence-corrected chi connectivity index (χ1v) is 6.52. The normalized spacial score (nSPS) is 19.9. The number of carbonyl (C=O) groups excluding carboxylic acids is 1. The summed E-state index contributed by atoms with van der Waals surface area (Å²) in [5, 5.41) is 9.10. The van der Waals surface area contributed by atoms with E-state index >= 15 is 0 Å². The molecule has 1 saturated heterocycles. The minimum atomic E-state index is -1.12. The number of carbonyl (C=O) groups is 2. The van der Waals surface area contributed by atoms with Crippen LogP contribution in [0.5, 0.6) is 5.75 Å². The van der Waals surface area contributed by atoms with Crippen LogP contribution in [0.2, 0.25) is 0 Å². The van der Waals surface area contributed by atoms with Gasteiger partial charge in [0.15, 0.2) is 12.1 Å². The molecule has 0 unspecified atom stereocenters. The number of carboxylic acid groups (broad SMARTS) is 1. The summed E-state index contributed by atoms with van der Waals surface area (Å²) in [4.78, 5) is 24.6. The Kier molecular flexibility index (Phi) is 4.74. The van der Waals surface area contributed by atoms with Crippen LogP contribution in [0, 0.1) is 5.82 Å². The molecule has 7 heteroatoms. The lowest BCUT2D eigenvalue weighted by atomic mass is 10.2. The summed E-state index contributed by atoms with van der Waals surface area (Å²) in [6, 6.07) is 4.40. The van der Waals surface area contributed by atoms with Crippen LogP contribution in [0.15, 0.2) is 24.3 Å². The van der Waals surface area contributed by atoms with Crippen molar-refractivity contribution in [3.63, 3.8) is 0 Å². The van der Waals surface area contributed by atoms with Crippen molar-refractivity contribution >= 4 is 11.9 Å². The second kappa shape index (κ2) is 6.53. The number of hydrogen-bond acceptors (Lipinski definition) is 4. The predicted molar refractivity (Wildman–Crippen MR) is 70.4 cm³/mol. The van der Waals surface area contributed by atoms with Crippen LogP contribution in [0.3, 0.4) is 0 Å². The third-order valence-corrected chi connectivity index (χ3v) is 3.15. The highest BCUT2D eigenvalue weighted by molar-refractivity contribution is 5.86. The van der Waals surface area contributed by atoms with Crippen LogP contribution in [-0.4, -0.2) is 53.8 Å². The summed E-state index contributed by atoms with van der Waals surface area (Å²) in [6.07, 6.45) is -0.910. The number of carboxylic acids is 1. The molecule has 0 bridgehead atoms. The van der Waals surface area contributed by atoms with Gasteiger partial charge in [-0.2, -0.15) is 0 Å². The predicted octanol–water partition coefficient (Wildman–Crippen LogP) is 0.905. The molecular formula is C14H16FNO5. The number of hydrogen-bond donors (Lipinski definition) is 1. The molecule has 0 spiro atoms. The maximum atomic E-state index is 13.1. The highest BCUT2D eigenvalue weighted by atomic mass is 19.1. The molecule has 1 aliphatic heterocycles. The van der Waals surface area contributed by atoms with Crippen LogP contribution in [0.1, 0.15) is 6.92 Å². The van der Waals surface area contributed by atoms with Crippen LogP contribution in [0.4, 0.5) is 4.39 Å². The van der Waals surface area contributed by atoms with Gasteiger partial charge in [0.25, 0.3) is 5.91 Å². The van der Waals surface area contributed by atoms with Crippen molar-refractivity contribution in [3.05, 3.63) is 30.1 Å². The Bertz CT molecular complexity index is 536. The lowest BCUT2D eigenvalue weighted by Crippen LogP contribution is -2.55. The number of amides is 1. The first-order chi connectivity index (χ1) is 9.99. The summed E-state index contributed by atoms with van der Waals surface area (Å²) in [5.74, 6) is -1.84. The second-order valence-electron chi connectivity index (χ2n) is 4.68. The zero-order chi connectivity index (χ0) is 15.4. The van der Waals surface area contributed by atoms with Gasteiger partial charge < -0.3 is 19.5 Å². The van der Waals surface area contributed by atoms with Crippen LogP contribution < -0.4 is 4.74 Å². The second-order valence-corrected chi connectivity index (χ2v) is 4.68. The average Bonchev–Trinajstić information content (AvgIpc) is 2.46. The molecule has 1 aromatic carbocycles. The number of morpholine rings is 1. The highest BCUT2D eigenvalue weighted by Gasteiger charge is 2.35. The Morgan fingerprint density at radius 2 is 2.29 bits per heavy atom. The fourth-order valence-electron chi connectivity index (χ4n) is 2.10.